The van der Waals surface area contributed by atoms with Gasteiger partial charge in [-0.1, -0.05) is 17.8 Å². The number of hydrogen-bond donors (Lipinski definition) is 4. The molecule has 0 bridgehead atoms. The van der Waals surface area contributed by atoms with Gasteiger partial charge in [0.2, 0.25) is 0 Å². The van der Waals surface area contributed by atoms with Crippen LogP contribution in [-0.2, 0) is 17.5 Å². The van der Waals surface area contributed by atoms with E-state index in [9.17, 15) is 14.9 Å². The standard InChI is InChI=1S/C32H27F6N7O4S2/c1-31(2,3)49-30(47)45-28-15(11-39)17-14(10-16(33)21(34)25(17)51-28)18-20(32(36,37)38)24(19-23(22(18)35)43-29(50-4)44-27(19)46)48-9-8-41-12-13-6-5-7-42-26(13)40/h5-7,10,41H,8-9,12H2,1-4H3,(H2,40,42)(H,45,47)(H,43,44,46). The molecule has 3 aromatic heterocycles. The molecule has 11 nitrogen and oxygen atoms in total. The zero-order valence-electron chi connectivity index (χ0n) is 27.1. The molecule has 5 aromatic rings. The third kappa shape index (κ3) is 7.52. The number of carbonyl (C=O) groups excluding carboxylic acids is 1. The fourth-order valence-corrected chi connectivity index (χ4v) is 6.57. The van der Waals surface area contributed by atoms with Gasteiger partial charge < -0.3 is 25.5 Å². The molecule has 0 saturated heterocycles. The van der Waals surface area contributed by atoms with Crippen LogP contribution in [0.4, 0.5) is 42.0 Å². The van der Waals surface area contributed by atoms with Crippen LogP contribution in [-0.4, -0.2) is 46.1 Å². The molecule has 0 aliphatic rings. The van der Waals surface area contributed by atoms with Crippen LogP contribution in [0.3, 0.4) is 0 Å². The number of thioether (sulfide) groups is 1. The van der Waals surface area contributed by atoms with Crippen molar-refractivity contribution in [1.29, 1.82) is 5.26 Å². The summed E-state index contributed by atoms with van der Waals surface area (Å²) < 4.78 is 103. The minimum atomic E-state index is -5.49. The second kappa shape index (κ2) is 14.3. The van der Waals surface area contributed by atoms with E-state index in [0.717, 1.165) is 11.8 Å². The highest BCUT2D eigenvalue weighted by molar-refractivity contribution is 7.98. The van der Waals surface area contributed by atoms with Crippen molar-refractivity contribution in [3.8, 4) is 22.9 Å². The molecule has 0 unspecified atom stereocenters. The fourth-order valence-electron chi connectivity index (χ4n) is 5.10. The second-order valence-electron chi connectivity index (χ2n) is 11.7. The van der Waals surface area contributed by atoms with Crippen LogP contribution >= 0.6 is 23.1 Å². The lowest BCUT2D eigenvalue weighted by molar-refractivity contribution is -0.138. The van der Waals surface area contributed by atoms with Gasteiger partial charge in [0, 0.05) is 35.8 Å². The summed E-state index contributed by atoms with van der Waals surface area (Å²) in [6.45, 7) is 4.13. The number of nitrogens with zero attached hydrogens (tertiary/aromatic N) is 3. The largest absolute Gasteiger partial charge is 0.491 e. The average Bonchev–Trinajstić information content (AvgIpc) is 3.40. The van der Waals surface area contributed by atoms with Crippen molar-refractivity contribution in [2.75, 3.05) is 30.5 Å². The molecule has 0 aliphatic carbocycles. The number of thiophene rings is 1. The monoisotopic (exact) mass is 751 g/mol. The summed E-state index contributed by atoms with van der Waals surface area (Å²) in [7, 11) is 0. The van der Waals surface area contributed by atoms with Gasteiger partial charge in [0.05, 0.1) is 10.3 Å². The van der Waals surface area contributed by atoms with Crippen molar-refractivity contribution in [3.05, 3.63) is 68.9 Å². The van der Waals surface area contributed by atoms with Crippen molar-refractivity contribution in [1.82, 2.24) is 20.3 Å². The predicted octanol–water partition coefficient (Wildman–Crippen LogP) is 7.33. The van der Waals surface area contributed by atoms with E-state index in [1.165, 1.54) is 33.2 Å². The number of ether oxygens (including phenoxy) is 2. The average molecular weight is 752 g/mol. The number of alkyl halides is 3. The van der Waals surface area contributed by atoms with E-state index < -0.39 is 101 Å². The van der Waals surface area contributed by atoms with E-state index in [4.69, 9.17) is 15.2 Å². The number of nitrogens with two attached hydrogens (primary N) is 1. The number of nitriles is 1. The number of halogens is 6. The van der Waals surface area contributed by atoms with Crippen LogP contribution < -0.4 is 26.7 Å². The number of anilines is 2. The second-order valence-corrected chi connectivity index (χ2v) is 13.5. The number of pyridine rings is 1. The van der Waals surface area contributed by atoms with Gasteiger partial charge in [-0.2, -0.15) is 18.4 Å². The van der Waals surface area contributed by atoms with Crippen molar-refractivity contribution in [2.45, 2.75) is 44.2 Å². The molecule has 0 aliphatic heterocycles. The van der Waals surface area contributed by atoms with Gasteiger partial charge in [0.15, 0.2) is 22.6 Å². The van der Waals surface area contributed by atoms with E-state index in [1.807, 2.05) is 0 Å². The maximum atomic E-state index is 16.7. The summed E-state index contributed by atoms with van der Waals surface area (Å²) in [6, 6.07) is 5.29. The molecule has 0 radical (unpaired) electrons. The minimum Gasteiger partial charge on any atom is -0.491 e. The summed E-state index contributed by atoms with van der Waals surface area (Å²) in [6.07, 6.45) is -3.65. The maximum absolute atomic E-state index is 16.7. The van der Waals surface area contributed by atoms with E-state index in [0.29, 0.717) is 23.0 Å². The van der Waals surface area contributed by atoms with Gasteiger partial charge in [-0.15, -0.1) is 11.3 Å². The quantitative estimate of drug-likeness (QED) is 0.0518. The van der Waals surface area contributed by atoms with Crippen molar-refractivity contribution >= 4 is 61.0 Å². The first-order chi connectivity index (χ1) is 24.0. The Labute approximate surface area is 293 Å². The molecule has 5 rings (SSSR count). The molecule has 19 heteroatoms. The molecule has 0 atom stereocenters. The first kappa shape index (κ1) is 37.2. The van der Waals surface area contributed by atoms with E-state index in [-0.39, 0.29) is 24.1 Å². The highest BCUT2D eigenvalue weighted by Crippen LogP contribution is 2.51. The van der Waals surface area contributed by atoms with Gasteiger partial charge in [-0.05, 0) is 44.7 Å². The third-order valence-corrected chi connectivity index (χ3v) is 8.80. The molecule has 1 amide bonds. The Hall–Kier alpha value is -5.06. The summed E-state index contributed by atoms with van der Waals surface area (Å²) in [5.41, 5.74) is -1.38. The van der Waals surface area contributed by atoms with Gasteiger partial charge in [-0.3, -0.25) is 10.1 Å². The Kier molecular flexibility index (Phi) is 10.4. The Balaban J connectivity index is 1.76. The zero-order chi connectivity index (χ0) is 37.4. The SMILES string of the molecule is CSc1nc2c(F)c(-c3cc(F)c(F)c4sc(NC(=O)OC(C)(C)C)c(C#N)c34)c(C(F)(F)F)c(OCCNCc3cccnc3N)c2c(=O)[nH]1. The van der Waals surface area contributed by atoms with Crippen LogP contribution in [0.5, 0.6) is 5.75 Å². The van der Waals surface area contributed by atoms with Gasteiger partial charge >= 0.3 is 12.3 Å². The summed E-state index contributed by atoms with van der Waals surface area (Å²) in [4.78, 5) is 36.0. The Morgan fingerprint density at radius 2 is 1.90 bits per heavy atom. The van der Waals surface area contributed by atoms with Crippen LogP contribution in [0.15, 0.2) is 34.3 Å². The van der Waals surface area contributed by atoms with Gasteiger partial charge in [-0.25, -0.2) is 27.9 Å². The Bertz CT molecular complexity index is 2280. The highest BCUT2D eigenvalue weighted by Gasteiger charge is 2.43. The lowest BCUT2D eigenvalue weighted by Gasteiger charge is -2.22. The maximum Gasteiger partial charge on any atom is 0.420 e. The number of hydrogen-bond acceptors (Lipinski definition) is 11. The smallest absolute Gasteiger partial charge is 0.420 e. The third-order valence-electron chi connectivity index (χ3n) is 7.13. The van der Waals surface area contributed by atoms with E-state index in [2.05, 4.69) is 25.6 Å². The zero-order valence-corrected chi connectivity index (χ0v) is 28.7. The molecule has 268 valence electrons. The normalized spacial score (nSPS) is 11.9. The number of aromatic nitrogens is 3. The van der Waals surface area contributed by atoms with Crippen LogP contribution in [0.25, 0.3) is 32.1 Å². The number of benzene rings is 2. The summed E-state index contributed by atoms with van der Waals surface area (Å²) in [5.74, 6) is -5.91. The minimum absolute atomic E-state index is 0.105. The number of aromatic amines is 1. The molecule has 3 heterocycles. The lowest BCUT2D eigenvalue weighted by Crippen LogP contribution is -2.27. The van der Waals surface area contributed by atoms with Crippen molar-refractivity contribution in [2.24, 2.45) is 0 Å². The molecule has 0 saturated carbocycles. The van der Waals surface area contributed by atoms with E-state index >= 15 is 26.3 Å². The van der Waals surface area contributed by atoms with Crippen molar-refractivity contribution < 1.29 is 40.6 Å². The fraction of sp³-hybridized carbons (Fsp3) is 0.281. The Morgan fingerprint density at radius 3 is 2.53 bits per heavy atom. The van der Waals surface area contributed by atoms with Crippen LogP contribution in [0, 0.1) is 28.8 Å². The molecular formula is C32H27F6N7O4S2. The molecular weight excluding hydrogens is 725 g/mol. The molecule has 2 aromatic carbocycles. The topological polar surface area (TPSA) is 168 Å². The number of nitrogen functional groups attached to an aromatic ring is 1. The van der Waals surface area contributed by atoms with Gasteiger partial charge in [0.1, 0.15) is 51.3 Å². The van der Waals surface area contributed by atoms with Crippen LogP contribution in [0.1, 0.15) is 37.5 Å². The summed E-state index contributed by atoms with van der Waals surface area (Å²) in [5, 5.41) is 13.1. The predicted molar refractivity (Wildman–Crippen MR) is 180 cm³/mol. The van der Waals surface area contributed by atoms with Crippen LogP contribution in [0.2, 0.25) is 0 Å². The van der Waals surface area contributed by atoms with Crippen molar-refractivity contribution in [3.63, 3.8) is 0 Å². The number of H-pyrrole nitrogens is 1. The summed E-state index contributed by atoms with van der Waals surface area (Å²) >= 11 is 1.17. The number of carbonyl (C=O) groups is 1. The number of rotatable bonds is 9. The molecule has 0 fully saturated rings. The number of amides is 1. The first-order valence-electron chi connectivity index (χ1n) is 14.7. The van der Waals surface area contributed by atoms with Gasteiger partial charge in [0.25, 0.3) is 5.56 Å². The lowest BCUT2D eigenvalue weighted by atomic mass is 9.91. The highest BCUT2D eigenvalue weighted by atomic mass is 32.2. The number of nitrogens with one attached hydrogen (secondary N) is 3. The molecule has 5 N–H and O–H groups in total. The Morgan fingerprint density at radius 1 is 1.18 bits per heavy atom. The molecule has 51 heavy (non-hydrogen) atoms. The first-order valence-corrected chi connectivity index (χ1v) is 16.8. The van der Waals surface area contributed by atoms with E-state index in [1.54, 1.807) is 18.2 Å². The number of fused-ring (bicyclic) bond motifs is 2. The molecule has 0 spiro atoms.